The van der Waals surface area contributed by atoms with Gasteiger partial charge in [-0.25, -0.2) is 4.79 Å². The lowest BCUT2D eigenvalue weighted by Gasteiger charge is -2.30. The number of carbonyl (C=O) groups is 1. The highest BCUT2D eigenvalue weighted by Crippen LogP contribution is 2.37. The first-order valence-corrected chi connectivity index (χ1v) is 8.68. The van der Waals surface area contributed by atoms with Gasteiger partial charge < -0.3 is 9.64 Å². The number of hydrogen-bond donors (Lipinski definition) is 0. The Balaban J connectivity index is 1.90. The number of carbonyl (C=O) groups excluding carboxylic acids is 1. The van der Waals surface area contributed by atoms with Gasteiger partial charge >= 0.3 is 12.3 Å². The highest BCUT2D eigenvalue weighted by molar-refractivity contribution is 5.94. The number of rotatable bonds is 1. The monoisotopic (exact) mass is 378 g/mol. The van der Waals surface area contributed by atoms with Crippen LogP contribution in [0.15, 0.2) is 36.5 Å². The van der Waals surface area contributed by atoms with Gasteiger partial charge in [0.05, 0.1) is 11.1 Å². The number of halogens is 3. The summed E-state index contributed by atoms with van der Waals surface area (Å²) in [5.41, 5.74) is 0.249. The number of hydrogen-bond acceptors (Lipinski definition) is 3. The molecule has 0 unspecified atom stereocenters. The molecule has 1 aliphatic heterocycles. The molecular weight excluding hydrogens is 357 g/mol. The van der Waals surface area contributed by atoms with E-state index < -0.39 is 23.4 Å². The SMILES string of the molecule is CC(C)(C)OC(=O)N1CC=C(c2ccc(C(F)(F)F)c3ncccc23)CC1. The van der Waals surface area contributed by atoms with Crippen molar-refractivity contribution >= 4 is 22.6 Å². The average molecular weight is 378 g/mol. The van der Waals surface area contributed by atoms with Crippen molar-refractivity contribution in [1.29, 1.82) is 0 Å². The Hall–Kier alpha value is -2.57. The fraction of sp³-hybridized carbons (Fsp3) is 0.400. The van der Waals surface area contributed by atoms with Crippen molar-refractivity contribution in [2.45, 2.75) is 39.0 Å². The van der Waals surface area contributed by atoms with E-state index in [2.05, 4.69) is 4.98 Å². The quantitative estimate of drug-likeness (QED) is 0.678. The summed E-state index contributed by atoms with van der Waals surface area (Å²) in [6, 6.07) is 5.84. The number of aromatic nitrogens is 1. The van der Waals surface area contributed by atoms with Gasteiger partial charge in [-0.2, -0.15) is 13.2 Å². The molecule has 1 amide bonds. The molecule has 7 heteroatoms. The van der Waals surface area contributed by atoms with Crippen LogP contribution in [0.4, 0.5) is 18.0 Å². The highest BCUT2D eigenvalue weighted by atomic mass is 19.4. The van der Waals surface area contributed by atoms with Crippen LogP contribution in [0.5, 0.6) is 0 Å². The first kappa shape index (κ1) is 19.2. The maximum absolute atomic E-state index is 13.3. The second-order valence-corrected chi connectivity index (χ2v) is 7.46. The Morgan fingerprint density at radius 2 is 1.93 bits per heavy atom. The van der Waals surface area contributed by atoms with E-state index in [9.17, 15) is 18.0 Å². The Morgan fingerprint density at radius 1 is 1.19 bits per heavy atom. The van der Waals surface area contributed by atoms with Gasteiger partial charge in [0.1, 0.15) is 5.60 Å². The minimum atomic E-state index is -4.46. The van der Waals surface area contributed by atoms with Gasteiger partial charge in [-0.3, -0.25) is 4.98 Å². The largest absolute Gasteiger partial charge is 0.444 e. The van der Waals surface area contributed by atoms with E-state index in [0.717, 1.165) is 17.2 Å². The molecule has 0 saturated carbocycles. The first-order chi connectivity index (χ1) is 12.6. The van der Waals surface area contributed by atoms with Gasteiger partial charge in [0, 0.05) is 24.7 Å². The van der Waals surface area contributed by atoms with E-state index in [4.69, 9.17) is 4.74 Å². The normalized spacial score (nSPS) is 15.6. The van der Waals surface area contributed by atoms with Crippen LogP contribution in [0.1, 0.15) is 38.3 Å². The van der Waals surface area contributed by atoms with Crippen molar-refractivity contribution < 1.29 is 22.7 Å². The fourth-order valence-corrected chi connectivity index (χ4v) is 3.09. The van der Waals surface area contributed by atoms with Crippen molar-refractivity contribution in [3.05, 3.63) is 47.7 Å². The molecule has 4 nitrogen and oxygen atoms in total. The molecule has 2 aromatic rings. The summed E-state index contributed by atoms with van der Waals surface area (Å²) in [5, 5.41) is 0.462. The smallest absolute Gasteiger partial charge is 0.418 e. The molecule has 2 heterocycles. The van der Waals surface area contributed by atoms with Crippen LogP contribution in [0.3, 0.4) is 0 Å². The van der Waals surface area contributed by atoms with Crippen LogP contribution in [0.2, 0.25) is 0 Å². The van der Waals surface area contributed by atoms with Gasteiger partial charge in [-0.1, -0.05) is 18.2 Å². The summed E-state index contributed by atoms with van der Waals surface area (Å²) >= 11 is 0. The third-order valence-corrected chi connectivity index (χ3v) is 4.28. The van der Waals surface area contributed by atoms with E-state index in [0.29, 0.717) is 24.9 Å². The van der Waals surface area contributed by atoms with Gasteiger partial charge in [-0.15, -0.1) is 0 Å². The predicted octanol–water partition coefficient (Wildman–Crippen LogP) is 5.28. The molecular formula is C20H21F3N2O2. The fourth-order valence-electron chi connectivity index (χ4n) is 3.09. The lowest BCUT2D eigenvalue weighted by atomic mass is 9.94. The topological polar surface area (TPSA) is 42.4 Å². The van der Waals surface area contributed by atoms with Crippen LogP contribution in [0, 0.1) is 0 Å². The van der Waals surface area contributed by atoms with E-state index in [-0.39, 0.29) is 5.52 Å². The highest BCUT2D eigenvalue weighted by Gasteiger charge is 2.34. The Kier molecular flexibility index (Phi) is 4.88. The van der Waals surface area contributed by atoms with Gasteiger partial charge in [0.25, 0.3) is 0 Å². The van der Waals surface area contributed by atoms with Gasteiger partial charge in [-0.05, 0) is 50.5 Å². The third kappa shape index (κ3) is 4.23. The Labute approximate surface area is 155 Å². The van der Waals surface area contributed by atoms with Crippen molar-refractivity contribution in [3.63, 3.8) is 0 Å². The summed E-state index contributed by atoms with van der Waals surface area (Å²) in [7, 11) is 0. The lowest BCUT2D eigenvalue weighted by molar-refractivity contribution is -0.136. The average Bonchev–Trinajstić information content (AvgIpc) is 2.58. The number of benzene rings is 1. The van der Waals surface area contributed by atoms with E-state index >= 15 is 0 Å². The molecule has 0 fully saturated rings. The summed E-state index contributed by atoms with van der Waals surface area (Å²) in [6.07, 6.45) is -1.09. The van der Waals surface area contributed by atoms with E-state index in [1.54, 1.807) is 37.8 Å². The molecule has 0 spiro atoms. The van der Waals surface area contributed by atoms with Crippen LogP contribution < -0.4 is 0 Å². The molecule has 1 aliphatic rings. The van der Waals surface area contributed by atoms with Crippen molar-refractivity contribution in [2.75, 3.05) is 13.1 Å². The molecule has 27 heavy (non-hydrogen) atoms. The molecule has 0 bridgehead atoms. The summed E-state index contributed by atoms with van der Waals surface area (Å²) in [6.45, 7) is 6.21. The van der Waals surface area contributed by atoms with Crippen LogP contribution >= 0.6 is 0 Å². The predicted molar refractivity (Wildman–Crippen MR) is 97.1 cm³/mol. The van der Waals surface area contributed by atoms with E-state index in [1.807, 2.05) is 6.08 Å². The number of amides is 1. The first-order valence-electron chi connectivity index (χ1n) is 8.68. The molecule has 0 N–H and O–H groups in total. The standard InChI is InChI=1S/C20H21F3N2O2/c1-19(2,3)27-18(26)25-11-8-13(9-12-25)14-6-7-16(20(21,22)23)17-15(14)5-4-10-24-17/h4-8,10H,9,11-12H2,1-3H3. The second-order valence-electron chi connectivity index (χ2n) is 7.46. The Morgan fingerprint density at radius 3 is 2.52 bits per heavy atom. The zero-order chi connectivity index (χ0) is 19.8. The maximum Gasteiger partial charge on any atom is 0.418 e. The molecule has 144 valence electrons. The molecule has 0 aliphatic carbocycles. The van der Waals surface area contributed by atoms with E-state index in [1.165, 1.54) is 12.3 Å². The molecule has 0 radical (unpaired) electrons. The number of alkyl halides is 3. The Bertz CT molecular complexity index is 898. The molecule has 0 atom stereocenters. The summed E-state index contributed by atoms with van der Waals surface area (Å²) in [4.78, 5) is 17.7. The zero-order valence-electron chi connectivity index (χ0n) is 15.4. The maximum atomic E-state index is 13.3. The molecule has 0 saturated heterocycles. The van der Waals surface area contributed by atoms with Gasteiger partial charge in [0.15, 0.2) is 0 Å². The third-order valence-electron chi connectivity index (χ3n) is 4.28. The molecule has 1 aromatic heterocycles. The van der Waals surface area contributed by atoms with Crippen LogP contribution in [0.25, 0.3) is 16.5 Å². The lowest BCUT2D eigenvalue weighted by Crippen LogP contribution is -2.39. The van der Waals surface area contributed by atoms with Crippen LogP contribution in [-0.4, -0.2) is 34.7 Å². The number of ether oxygens (including phenoxy) is 1. The van der Waals surface area contributed by atoms with Crippen molar-refractivity contribution in [1.82, 2.24) is 9.88 Å². The van der Waals surface area contributed by atoms with Crippen LogP contribution in [-0.2, 0) is 10.9 Å². The number of nitrogens with zero attached hydrogens (tertiary/aromatic N) is 2. The zero-order valence-corrected chi connectivity index (χ0v) is 15.4. The molecule has 3 rings (SSSR count). The minimum Gasteiger partial charge on any atom is -0.444 e. The van der Waals surface area contributed by atoms with Gasteiger partial charge in [0.2, 0.25) is 0 Å². The minimum absolute atomic E-state index is 0.0574. The number of pyridine rings is 1. The number of fused-ring (bicyclic) bond motifs is 1. The summed E-state index contributed by atoms with van der Waals surface area (Å²) < 4.78 is 45.1. The van der Waals surface area contributed by atoms with Crippen molar-refractivity contribution in [2.24, 2.45) is 0 Å². The second kappa shape index (κ2) is 6.87. The summed E-state index contributed by atoms with van der Waals surface area (Å²) in [5.74, 6) is 0. The van der Waals surface area contributed by atoms with Crippen molar-refractivity contribution in [3.8, 4) is 0 Å². The molecule has 1 aromatic carbocycles.